The predicted octanol–water partition coefficient (Wildman–Crippen LogP) is 5.10. The Morgan fingerprint density at radius 2 is 2.04 bits per heavy atom. The summed E-state index contributed by atoms with van der Waals surface area (Å²) in [6.45, 7) is 7.41. The molecule has 2 aromatic rings. The molecule has 26 heavy (non-hydrogen) atoms. The van der Waals surface area contributed by atoms with Gasteiger partial charge in [-0.05, 0) is 24.1 Å². The zero-order valence-electron chi connectivity index (χ0n) is 13.7. The van der Waals surface area contributed by atoms with Crippen LogP contribution in [-0.2, 0) is 6.18 Å². The molecule has 3 rings (SSSR count). The van der Waals surface area contributed by atoms with Crippen molar-refractivity contribution < 1.29 is 18.3 Å². The quantitative estimate of drug-likeness (QED) is 0.563. The van der Waals surface area contributed by atoms with E-state index in [0.717, 1.165) is 22.2 Å². The van der Waals surface area contributed by atoms with Gasteiger partial charge in [0.1, 0.15) is 4.34 Å². The maximum absolute atomic E-state index is 12.8. The first-order chi connectivity index (χ1) is 12.4. The predicted molar refractivity (Wildman–Crippen MR) is 96.1 cm³/mol. The lowest BCUT2D eigenvalue weighted by Crippen LogP contribution is -2.20. The summed E-state index contributed by atoms with van der Waals surface area (Å²) in [6.07, 6.45) is -2.28. The largest absolute Gasteiger partial charge is 0.416 e. The molecule has 0 saturated heterocycles. The van der Waals surface area contributed by atoms with Crippen molar-refractivity contribution in [1.29, 1.82) is 0 Å². The van der Waals surface area contributed by atoms with E-state index in [1.807, 2.05) is 5.38 Å². The van der Waals surface area contributed by atoms with Gasteiger partial charge in [0.2, 0.25) is 6.04 Å². The number of rotatable bonds is 5. The third-order valence-electron chi connectivity index (χ3n) is 4.73. The summed E-state index contributed by atoms with van der Waals surface area (Å²) < 4.78 is 39.3. The molecule has 0 spiro atoms. The SMILES string of the molecule is [C-]#[N+][C@@H]1C[C@@H](O)C(c2ccc(C(F)(F)F)cc2)C1CCSc1nccs1. The van der Waals surface area contributed by atoms with E-state index in [1.54, 1.807) is 29.3 Å². The number of aliphatic hydroxyl groups is 1. The van der Waals surface area contributed by atoms with Gasteiger partial charge in [0.05, 0.1) is 11.7 Å². The number of hydrogen-bond acceptors (Lipinski definition) is 4. The molecule has 0 radical (unpaired) electrons. The summed E-state index contributed by atoms with van der Waals surface area (Å²) in [5.74, 6) is 0.369. The summed E-state index contributed by atoms with van der Waals surface area (Å²) in [4.78, 5) is 7.86. The average molecular weight is 398 g/mol. The number of hydrogen-bond donors (Lipinski definition) is 1. The van der Waals surface area contributed by atoms with Crippen LogP contribution in [0.15, 0.2) is 40.2 Å². The molecule has 4 atom stereocenters. The van der Waals surface area contributed by atoms with Crippen LogP contribution in [0.2, 0.25) is 0 Å². The minimum absolute atomic E-state index is 0.0771. The van der Waals surface area contributed by atoms with Crippen molar-refractivity contribution in [3.05, 3.63) is 58.4 Å². The highest BCUT2D eigenvalue weighted by molar-refractivity contribution is 8.00. The molecule has 1 heterocycles. The molecule has 3 nitrogen and oxygen atoms in total. The van der Waals surface area contributed by atoms with Crippen LogP contribution in [0.25, 0.3) is 4.85 Å². The van der Waals surface area contributed by atoms with E-state index in [4.69, 9.17) is 6.57 Å². The van der Waals surface area contributed by atoms with Gasteiger partial charge in [0.15, 0.2) is 0 Å². The van der Waals surface area contributed by atoms with Gasteiger partial charge in [-0.3, -0.25) is 0 Å². The molecule has 8 heteroatoms. The molecular weight excluding hydrogens is 381 g/mol. The molecule has 1 aromatic carbocycles. The molecule has 1 aliphatic rings. The summed E-state index contributed by atoms with van der Waals surface area (Å²) in [6, 6.07) is 4.66. The number of aliphatic hydroxyl groups excluding tert-OH is 1. The number of benzene rings is 1. The topological polar surface area (TPSA) is 37.5 Å². The number of aromatic nitrogens is 1. The van der Waals surface area contributed by atoms with Crippen molar-refractivity contribution in [2.45, 2.75) is 41.4 Å². The minimum Gasteiger partial charge on any atom is -0.392 e. The summed E-state index contributed by atoms with van der Waals surface area (Å²) in [7, 11) is 0. The lowest BCUT2D eigenvalue weighted by molar-refractivity contribution is -0.137. The van der Waals surface area contributed by atoms with Crippen LogP contribution in [0.4, 0.5) is 13.2 Å². The Balaban J connectivity index is 1.75. The molecule has 138 valence electrons. The van der Waals surface area contributed by atoms with Crippen LogP contribution in [0.3, 0.4) is 0 Å². The van der Waals surface area contributed by atoms with E-state index in [-0.39, 0.29) is 17.9 Å². The van der Waals surface area contributed by atoms with E-state index in [0.29, 0.717) is 18.4 Å². The molecule has 0 aliphatic heterocycles. The first-order valence-corrected chi connectivity index (χ1v) is 10.0. The monoisotopic (exact) mass is 398 g/mol. The first kappa shape index (κ1) is 19.2. The van der Waals surface area contributed by atoms with Crippen molar-refractivity contribution in [3.63, 3.8) is 0 Å². The minimum atomic E-state index is -4.38. The number of thioether (sulfide) groups is 1. The number of halogens is 3. The highest BCUT2D eigenvalue weighted by atomic mass is 32.2. The molecule has 0 bridgehead atoms. The van der Waals surface area contributed by atoms with Crippen molar-refractivity contribution in [3.8, 4) is 0 Å². The Bertz CT molecular complexity index is 756. The van der Waals surface area contributed by atoms with Crippen molar-refractivity contribution in [2.75, 3.05) is 5.75 Å². The van der Waals surface area contributed by atoms with Gasteiger partial charge in [0, 0.05) is 35.6 Å². The lowest BCUT2D eigenvalue weighted by atomic mass is 9.84. The number of thiazole rings is 1. The third kappa shape index (κ3) is 4.22. The number of nitrogens with zero attached hydrogens (tertiary/aromatic N) is 2. The van der Waals surface area contributed by atoms with Crippen LogP contribution in [0.1, 0.15) is 29.9 Å². The first-order valence-electron chi connectivity index (χ1n) is 8.14. The van der Waals surface area contributed by atoms with E-state index >= 15 is 0 Å². The maximum atomic E-state index is 12.8. The van der Waals surface area contributed by atoms with Crippen LogP contribution < -0.4 is 0 Å². The third-order valence-corrected chi connectivity index (χ3v) is 6.73. The van der Waals surface area contributed by atoms with Gasteiger partial charge in [-0.25, -0.2) is 11.6 Å². The Labute approximate surface area is 158 Å². The molecule has 1 aliphatic carbocycles. The van der Waals surface area contributed by atoms with E-state index in [1.165, 1.54) is 12.1 Å². The summed E-state index contributed by atoms with van der Waals surface area (Å²) >= 11 is 3.15. The molecule has 1 saturated carbocycles. The van der Waals surface area contributed by atoms with Gasteiger partial charge in [-0.1, -0.05) is 23.9 Å². The van der Waals surface area contributed by atoms with Crippen molar-refractivity contribution in [2.24, 2.45) is 5.92 Å². The van der Waals surface area contributed by atoms with E-state index in [9.17, 15) is 18.3 Å². The van der Waals surface area contributed by atoms with Crippen LogP contribution in [0, 0.1) is 12.5 Å². The molecule has 1 fully saturated rings. The Kier molecular flexibility index (Phi) is 5.90. The molecule has 2 unspecified atom stereocenters. The van der Waals surface area contributed by atoms with Gasteiger partial charge in [-0.2, -0.15) is 13.2 Å². The Hall–Kier alpha value is -1.56. The molecular formula is C18H17F3N2OS2. The summed E-state index contributed by atoms with van der Waals surface area (Å²) in [5, 5.41) is 12.3. The van der Waals surface area contributed by atoms with Gasteiger partial charge in [-0.15, -0.1) is 11.3 Å². The van der Waals surface area contributed by atoms with Crippen molar-refractivity contribution >= 4 is 23.1 Å². The normalized spacial score (nSPS) is 26.0. The highest BCUT2D eigenvalue weighted by Gasteiger charge is 2.47. The molecule has 0 amide bonds. The Morgan fingerprint density at radius 3 is 2.62 bits per heavy atom. The highest BCUT2D eigenvalue weighted by Crippen LogP contribution is 2.45. The summed E-state index contributed by atoms with van der Waals surface area (Å²) in [5.41, 5.74) is -0.0350. The fourth-order valence-corrected chi connectivity index (χ4v) is 5.29. The lowest BCUT2D eigenvalue weighted by Gasteiger charge is -2.22. The zero-order chi connectivity index (χ0) is 18.7. The fourth-order valence-electron chi connectivity index (χ4n) is 3.54. The smallest absolute Gasteiger partial charge is 0.392 e. The van der Waals surface area contributed by atoms with Crippen LogP contribution >= 0.6 is 23.1 Å². The number of alkyl halides is 3. The molecule has 1 N–H and O–H groups in total. The fraction of sp³-hybridized carbons (Fsp3) is 0.444. The maximum Gasteiger partial charge on any atom is 0.416 e. The van der Waals surface area contributed by atoms with Gasteiger partial charge in [0.25, 0.3) is 0 Å². The average Bonchev–Trinajstić information content (AvgIpc) is 3.22. The Morgan fingerprint density at radius 1 is 1.31 bits per heavy atom. The second-order valence-corrected chi connectivity index (χ2v) is 8.48. The zero-order valence-corrected chi connectivity index (χ0v) is 15.3. The van der Waals surface area contributed by atoms with Gasteiger partial charge < -0.3 is 9.95 Å². The van der Waals surface area contributed by atoms with Gasteiger partial charge >= 0.3 is 6.18 Å². The second-order valence-electron chi connectivity index (χ2n) is 6.24. The van der Waals surface area contributed by atoms with Crippen LogP contribution in [-0.4, -0.2) is 28.0 Å². The molecule has 1 aromatic heterocycles. The second kappa shape index (κ2) is 7.99. The van der Waals surface area contributed by atoms with E-state index in [2.05, 4.69) is 9.83 Å². The standard InChI is InChI=1S/C18H17F3N2OS2/c1-22-14-10-15(24)16(11-2-4-12(5-3-11)18(19,20)21)13(14)6-8-25-17-23-7-9-26-17/h2-5,7,9,13-16,24H,6,8,10H2/t13?,14-,15-,16?/m1/s1. The van der Waals surface area contributed by atoms with Crippen LogP contribution in [0.5, 0.6) is 0 Å². The van der Waals surface area contributed by atoms with E-state index < -0.39 is 17.8 Å². The van der Waals surface area contributed by atoms with Crippen molar-refractivity contribution in [1.82, 2.24) is 4.98 Å².